The van der Waals surface area contributed by atoms with Gasteiger partial charge in [0.25, 0.3) is 0 Å². The molecule has 0 amide bonds. The molecule has 0 aromatic heterocycles. The van der Waals surface area contributed by atoms with Crippen molar-refractivity contribution in [1.29, 1.82) is 0 Å². The van der Waals surface area contributed by atoms with E-state index in [4.69, 9.17) is 0 Å². The van der Waals surface area contributed by atoms with Gasteiger partial charge in [-0.05, 0) is 43.0 Å². The van der Waals surface area contributed by atoms with Crippen LogP contribution in [-0.4, -0.2) is 13.1 Å². The van der Waals surface area contributed by atoms with E-state index in [1.807, 2.05) is 0 Å². The first kappa shape index (κ1) is 10.0. The molecule has 76 valence electrons. The molecule has 0 atom stereocenters. The first-order valence-corrected chi connectivity index (χ1v) is 6.34. The van der Waals surface area contributed by atoms with Gasteiger partial charge in [-0.3, -0.25) is 0 Å². The minimum atomic E-state index is 0.957. The Morgan fingerprint density at radius 3 is 2.57 bits per heavy atom. The molecule has 0 N–H and O–H groups in total. The highest BCUT2D eigenvalue weighted by molar-refractivity contribution is 9.08. The molecule has 1 aliphatic heterocycles. The maximum Gasteiger partial charge on any atom is 0.0369 e. The Kier molecular flexibility index (Phi) is 3.12. The van der Waals surface area contributed by atoms with Crippen LogP contribution in [0.4, 0.5) is 5.69 Å². The van der Waals surface area contributed by atoms with Crippen LogP contribution in [0.5, 0.6) is 0 Å². The van der Waals surface area contributed by atoms with Crippen molar-refractivity contribution in [3.05, 3.63) is 29.3 Å². The van der Waals surface area contributed by atoms with Crippen molar-refractivity contribution in [2.45, 2.75) is 25.1 Å². The van der Waals surface area contributed by atoms with Crippen LogP contribution in [0, 0.1) is 6.92 Å². The highest BCUT2D eigenvalue weighted by Gasteiger charge is 2.12. The Morgan fingerprint density at radius 2 is 2.00 bits per heavy atom. The molecule has 2 rings (SSSR count). The molecule has 0 spiro atoms. The van der Waals surface area contributed by atoms with Gasteiger partial charge in [0, 0.05) is 24.1 Å². The first-order valence-electron chi connectivity index (χ1n) is 5.21. The average Bonchev–Trinajstić information content (AvgIpc) is 2.70. The van der Waals surface area contributed by atoms with Crippen LogP contribution in [0.3, 0.4) is 0 Å². The normalized spacial score (nSPS) is 16.3. The van der Waals surface area contributed by atoms with Gasteiger partial charge in [-0.1, -0.05) is 22.0 Å². The van der Waals surface area contributed by atoms with Gasteiger partial charge >= 0.3 is 0 Å². The summed E-state index contributed by atoms with van der Waals surface area (Å²) in [6.07, 6.45) is 2.69. The Bertz CT molecular complexity index is 316. The largest absolute Gasteiger partial charge is 0.372 e. The molecule has 2 heteroatoms. The molecular weight excluding hydrogens is 238 g/mol. The van der Waals surface area contributed by atoms with Crippen molar-refractivity contribution in [2.75, 3.05) is 18.0 Å². The van der Waals surface area contributed by atoms with E-state index in [2.05, 4.69) is 46.0 Å². The molecule has 1 saturated heterocycles. The second-order valence-electron chi connectivity index (χ2n) is 3.94. The standard InChI is InChI=1S/C12H16BrN/c1-10-8-12(5-4-11(10)9-13)14-6-2-3-7-14/h4-5,8H,2-3,6-7,9H2,1H3. The molecule has 1 fully saturated rings. The smallest absolute Gasteiger partial charge is 0.0369 e. The fraction of sp³-hybridized carbons (Fsp3) is 0.500. The number of alkyl halides is 1. The Morgan fingerprint density at radius 1 is 1.29 bits per heavy atom. The van der Waals surface area contributed by atoms with Crippen LogP contribution >= 0.6 is 15.9 Å². The summed E-state index contributed by atoms with van der Waals surface area (Å²) in [6.45, 7) is 4.65. The minimum Gasteiger partial charge on any atom is -0.372 e. The van der Waals surface area contributed by atoms with Gasteiger partial charge in [0.15, 0.2) is 0 Å². The van der Waals surface area contributed by atoms with E-state index >= 15 is 0 Å². The third-order valence-corrected chi connectivity index (χ3v) is 3.55. The van der Waals surface area contributed by atoms with E-state index in [0.717, 1.165) is 5.33 Å². The fourth-order valence-electron chi connectivity index (χ4n) is 2.00. The van der Waals surface area contributed by atoms with Crippen LogP contribution in [0.15, 0.2) is 18.2 Å². The maximum absolute atomic E-state index is 3.50. The zero-order chi connectivity index (χ0) is 9.97. The third-order valence-electron chi connectivity index (χ3n) is 2.94. The lowest BCUT2D eigenvalue weighted by Crippen LogP contribution is -2.17. The quantitative estimate of drug-likeness (QED) is 0.730. The van der Waals surface area contributed by atoms with E-state index in [0.29, 0.717) is 0 Å². The van der Waals surface area contributed by atoms with Crippen LogP contribution in [0.2, 0.25) is 0 Å². The monoisotopic (exact) mass is 253 g/mol. The van der Waals surface area contributed by atoms with Gasteiger partial charge < -0.3 is 4.90 Å². The van der Waals surface area contributed by atoms with Gasteiger partial charge in [-0.25, -0.2) is 0 Å². The summed E-state index contributed by atoms with van der Waals surface area (Å²) in [6, 6.07) is 6.79. The lowest BCUT2D eigenvalue weighted by molar-refractivity contribution is 0.949. The number of aryl methyl sites for hydroxylation is 1. The van der Waals surface area contributed by atoms with Crippen molar-refractivity contribution in [3.63, 3.8) is 0 Å². The number of benzene rings is 1. The molecule has 1 aliphatic rings. The summed E-state index contributed by atoms with van der Waals surface area (Å²) in [5.41, 5.74) is 4.18. The number of anilines is 1. The number of hydrogen-bond donors (Lipinski definition) is 0. The molecule has 1 aromatic rings. The molecule has 0 radical (unpaired) electrons. The van der Waals surface area contributed by atoms with Crippen LogP contribution < -0.4 is 4.90 Å². The van der Waals surface area contributed by atoms with Gasteiger partial charge in [0.05, 0.1) is 0 Å². The second kappa shape index (κ2) is 4.35. The van der Waals surface area contributed by atoms with Crippen LogP contribution in [-0.2, 0) is 5.33 Å². The molecule has 14 heavy (non-hydrogen) atoms. The van der Waals surface area contributed by atoms with Gasteiger partial charge in [-0.2, -0.15) is 0 Å². The number of rotatable bonds is 2. The third kappa shape index (κ3) is 1.95. The maximum atomic E-state index is 3.50. The second-order valence-corrected chi connectivity index (χ2v) is 4.50. The Balaban J connectivity index is 2.23. The van der Waals surface area contributed by atoms with E-state index in [-0.39, 0.29) is 0 Å². The lowest BCUT2D eigenvalue weighted by Gasteiger charge is -2.18. The summed E-state index contributed by atoms with van der Waals surface area (Å²) in [4.78, 5) is 2.48. The van der Waals surface area contributed by atoms with Crippen molar-refractivity contribution >= 4 is 21.6 Å². The van der Waals surface area contributed by atoms with E-state index in [1.54, 1.807) is 0 Å². The molecule has 1 heterocycles. The number of halogens is 1. The van der Waals surface area contributed by atoms with Gasteiger partial charge in [0.1, 0.15) is 0 Å². The molecule has 1 nitrogen and oxygen atoms in total. The van der Waals surface area contributed by atoms with Crippen molar-refractivity contribution in [1.82, 2.24) is 0 Å². The molecule has 0 bridgehead atoms. The number of hydrogen-bond acceptors (Lipinski definition) is 1. The van der Waals surface area contributed by atoms with Crippen LogP contribution in [0.1, 0.15) is 24.0 Å². The molecule has 1 aromatic carbocycles. The molecule has 0 saturated carbocycles. The highest BCUT2D eigenvalue weighted by Crippen LogP contribution is 2.23. The zero-order valence-electron chi connectivity index (χ0n) is 8.59. The molecular formula is C12H16BrN. The van der Waals surface area contributed by atoms with Crippen molar-refractivity contribution < 1.29 is 0 Å². The predicted molar refractivity (Wildman–Crippen MR) is 65.3 cm³/mol. The Hall–Kier alpha value is -0.500. The lowest BCUT2D eigenvalue weighted by atomic mass is 10.1. The van der Waals surface area contributed by atoms with Crippen molar-refractivity contribution in [2.24, 2.45) is 0 Å². The van der Waals surface area contributed by atoms with E-state index in [1.165, 1.54) is 42.7 Å². The fourth-order valence-corrected chi connectivity index (χ4v) is 2.63. The summed E-state index contributed by atoms with van der Waals surface area (Å²) in [5.74, 6) is 0. The van der Waals surface area contributed by atoms with Gasteiger partial charge in [-0.15, -0.1) is 0 Å². The summed E-state index contributed by atoms with van der Waals surface area (Å²) < 4.78 is 0. The predicted octanol–water partition coefficient (Wildman–Crippen LogP) is 3.49. The molecule has 0 aliphatic carbocycles. The van der Waals surface area contributed by atoms with E-state index in [9.17, 15) is 0 Å². The summed E-state index contributed by atoms with van der Waals surface area (Å²) >= 11 is 3.50. The zero-order valence-corrected chi connectivity index (χ0v) is 10.2. The summed E-state index contributed by atoms with van der Waals surface area (Å²) in [7, 11) is 0. The highest BCUT2D eigenvalue weighted by atomic mass is 79.9. The number of nitrogens with zero attached hydrogens (tertiary/aromatic N) is 1. The minimum absolute atomic E-state index is 0.957. The SMILES string of the molecule is Cc1cc(N2CCCC2)ccc1CBr. The molecule has 0 unspecified atom stereocenters. The van der Waals surface area contributed by atoms with Gasteiger partial charge in [0.2, 0.25) is 0 Å². The average molecular weight is 254 g/mol. The first-order chi connectivity index (χ1) is 6.81. The van der Waals surface area contributed by atoms with E-state index < -0.39 is 0 Å². The topological polar surface area (TPSA) is 3.24 Å². The summed E-state index contributed by atoms with van der Waals surface area (Å²) in [5, 5.41) is 0.957. The van der Waals surface area contributed by atoms with Crippen molar-refractivity contribution in [3.8, 4) is 0 Å². The van der Waals surface area contributed by atoms with Crippen LogP contribution in [0.25, 0.3) is 0 Å². The Labute approximate surface area is 94.2 Å².